The Morgan fingerprint density at radius 1 is 1.25 bits per heavy atom. The van der Waals surface area contributed by atoms with Crippen molar-refractivity contribution in [1.82, 2.24) is 0 Å². The Kier molecular flexibility index (Phi) is 8.29. The van der Waals surface area contributed by atoms with Crippen LogP contribution in [0.3, 0.4) is 0 Å². The van der Waals surface area contributed by atoms with Gasteiger partial charge in [0.05, 0.1) is 5.56 Å². The first kappa shape index (κ1) is 18.8. The normalized spacial score (nSPS) is 9.60. The molecule has 0 unspecified atom stereocenters. The minimum atomic E-state index is -1.99. The Labute approximate surface area is 137 Å². The van der Waals surface area contributed by atoms with Crippen LogP contribution in [-0.4, -0.2) is 18.5 Å². The maximum absolute atomic E-state index is 11.8. The molecule has 1 rings (SSSR count). The summed E-state index contributed by atoms with van der Waals surface area (Å²) in [6, 6.07) is 5.32. The van der Waals surface area contributed by atoms with Crippen LogP contribution < -0.4 is 34.3 Å². The SMILES string of the molecule is C=C(C)C(=O)Oc1ccc(C(=O)OC[C-](F)F)cc1.[Na+]. The molecule has 1 aromatic rings. The van der Waals surface area contributed by atoms with Gasteiger partial charge >= 0.3 is 41.5 Å². The second kappa shape index (κ2) is 8.84. The fourth-order valence-electron chi connectivity index (χ4n) is 1.06. The molecule has 102 valence electrons. The van der Waals surface area contributed by atoms with Gasteiger partial charge in [-0.05, 0) is 31.2 Å². The van der Waals surface area contributed by atoms with Crippen molar-refractivity contribution in [1.29, 1.82) is 0 Å². The molecule has 0 aliphatic heterocycles. The Bertz CT molecular complexity index is 486. The zero-order valence-corrected chi connectivity index (χ0v) is 13.1. The van der Waals surface area contributed by atoms with Gasteiger partial charge in [0.2, 0.25) is 0 Å². The molecule has 0 atom stereocenters. The zero-order chi connectivity index (χ0) is 14.4. The largest absolute Gasteiger partial charge is 1.00 e. The molecule has 0 N–H and O–H groups in total. The molecule has 0 heterocycles. The number of carbonyl (C=O) groups excluding carboxylic acids is 2. The van der Waals surface area contributed by atoms with Gasteiger partial charge in [0, 0.05) is 18.6 Å². The molecule has 0 aliphatic carbocycles. The summed E-state index contributed by atoms with van der Waals surface area (Å²) in [5, 5.41) is 0. The number of esters is 2. The Morgan fingerprint density at radius 2 is 1.80 bits per heavy atom. The first-order chi connectivity index (χ1) is 8.90. The number of halogens is 2. The van der Waals surface area contributed by atoms with E-state index in [0.717, 1.165) is 0 Å². The minimum Gasteiger partial charge on any atom is -0.490 e. The summed E-state index contributed by atoms with van der Waals surface area (Å²) < 4.78 is 32.7. The fraction of sp³-hybridized carbons (Fsp3) is 0.154. The van der Waals surface area contributed by atoms with Crippen molar-refractivity contribution in [2.45, 2.75) is 6.92 Å². The number of hydrogen-bond acceptors (Lipinski definition) is 4. The summed E-state index contributed by atoms with van der Waals surface area (Å²) in [5.74, 6) is -1.26. The predicted octanol–water partition coefficient (Wildman–Crippen LogP) is -0.243. The topological polar surface area (TPSA) is 52.6 Å². The van der Waals surface area contributed by atoms with Gasteiger partial charge in [-0.25, -0.2) is 9.59 Å². The molecule has 4 nitrogen and oxygen atoms in total. The van der Waals surface area contributed by atoms with Crippen molar-refractivity contribution in [3.63, 3.8) is 0 Å². The van der Waals surface area contributed by atoms with Crippen LogP contribution in [0.25, 0.3) is 0 Å². The van der Waals surface area contributed by atoms with Gasteiger partial charge in [0.1, 0.15) is 5.75 Å². The van der Waals surface area contributed by atoms with Gasteiger partial charge in [-0.2, -0.15) is 0 Å². The fourth-order valence-corrected chi connectivity index (χ4v) is 1.06. The molecule has 0 aliphatic rings. The summed E-state index contributed by atoms with van der Waals surface area (Å²) in [6.45, 7) is 3.88. The second-order valence-corrected chi connectivity index (χ2v) is 3.61. The van der Waals surface area contributed by atoms with E-state index in [2.05, 4.69) is 11.3 Å². The van der Waals surface area contributed by atoms with Crippen molar-refractivity contribution in [3.8, 4) is 5.75 Å². The van der Waals surface area contributed by atoms with Crippen molar-refractivity contribution < 1.29 is 57.4 Å². The molecule has 0 saturated carbocycles. The van der Waals surface area contributed by atoms with Crippen LogP contribution >= 0.6 is 0 Å². The van der Waals surface area contributed by atoms with E-state index in [9.17, 15) is 18.4 Å². The van der Waals surface area contributed by atoms with E-state index < -0.39 is 25.0 Å². The molecule has 1 aromatic carbocycles. The average Bonchev–Trinajstić information content (AvgIpc) is 2.36. The summed E-state index contributed by atoms with van der Waals surface area (Å²) in [4.78, 5) is 22.5. The third kappa shape index (κ3) is 6.27. The van der Waals surface area contributed by atoms with Gasteiger partial charge in [-0.1, -0.05) is 6.58 Å². The van der Waals surface area contributed by atoms with E-state index in [1.54, 1.807) is 0 Å². The number of hydrogen-bond donors (Lipinski definition) is 0. The van der Waals surface area contributed by atoms with E-state index in [1.165, 1.54) is 31.2 Å². The second-order valence-electron chi connectivity index (χ2n) is 3.61. The maximum atomic E-state index is 11.8. The molecular formula is C13H11F2NaO4. The van der Waals surface area contributed by atoms with Crippen LogP contribution in [0.15, 0.2) is 36.4 Å². The zero-order valence-electron chi connectivity index (χ0n) is 11.1. The van der Waals surface area contributed by atoms with E-state index in [4.69, 9.17) is 4.74 Å². The summed E-state index contributed by atoms with van der Waals surface area (Å²) in [5.41, 5.74) is 0.314. The summed E-state index contributed by atoms with van der Waals surface area (Å²) >= 11 is 0. The van der Waals surface area contributed by atoms with Crippen LogP contribution in [-0.2, 0) is 9.53 Å². The third-order valence-corrected chi connectivity index (χ3v) is 1.96. The standard InChI is InChI=1S/C13H11F2O4.Na/c1-8(2)12(16)19-10-5-3-9(4-6-10)13(17)18-7-11(14)15;/h3-6H,1,7H2,2H3;/q-1;+1. The van der Waals surface area contributed by atoms with Crippen LogP contribution in [0.1, 0.15) is 17.3 Å². The Morgan fingerprint density at radius 3 is 2.25 bits per heavy atom. The molecule has 0 saturated heterocycles. The van der Waals surface area contributed by atoms with Crippen LogP contribution in [0.2, 0.25) is 0 Å². The first-order valence-electron chi connectivity index (χ1n) is 5.22. The van der Waals surface area contributed by atoms with Crippen molar-refractivity contribution in [2.75, 3.05) is 6.61 Å². The maximum Gasteiger partial charge on any atom is 1.00 e. The van der Waals surface area contributed by atoms with E-state index >= 15 is 0 Å². The minimum absolute atomic E-state index is 0. The molecule has 7 heteroatoms. The van der Waals surface area contributed by atoms with E-state index in [0.29, 0.717) is 0 Å². The smallest absolute Gasteiger partial charge is 0.490 e. The molecule has 0 spiro atoms. The average molecular weight is 292 g/mol. The molecule has 0 fully saturated rings. The number of carbonyl (C=O) groups is 2. The molecule has 0 aromatic heterocycles. The Balaban J connectivity index is 0.00000361. The predicted molar refractivity (Wildman–Crippen MR) is 62.6 cm³/mol. The van der Waals surface area contributed by atoms with Crippen molar-refractivity contribution in [3.05, 3.63) is 48.4 Å². The molecule has 20 heavy (non-hydrogen) atoms. The van der Waals surface area contributed by atoms with Crippen LogP contribution in [0.4, 0.5) is 8.78 Å². The molecule has 0 radical (unpaired) electrons. The van der Waals surface area contributed by atoms with Gasteiger partial charge in [0.15, 0.2) is 0 Å². The number of ether oxygens (including phenoxy) is 2. The van der Waals surface area contributed by atoms with E-state index in [1.807, 2.05) is 0 Å². The van der Waals surface area contributed by atoms with Gasteiger partial charge < -0.3 is 18.3 Å². The van der Waals surface area contributed by atoms with Crippen LogP contribution in [0, 0.1) is 6.43 Å². The van der Waals surface area contributed by atoms with Crippen LogP contribution in [0.5, 0.6) is 5.75 Å². The summed E-state index contributed by atoms with van der Waals surface area (Å²) in [6.07, 6.45) is -1.99. The van der Waals surface area contributed by atoms with Gasteiger partial charge in [0.25, 0.3) is 0 Å². The van der Waals surface area contributed by atoms with Crippen molar-refractivity contribution >= 4 is 11.9 Å². The van der Waals surface area contributed by atoms with Gasteiger partial charge in [-0.3, -0.25) is 0 Å². The molecule has 0 bridgehead atoms. The Hall–Kier alpha value is -1.24. The molecule has 0 amide bonds. The molecular weight excluding hydrogens is 281 g/mol. The first-order valence-corrected chi connectivity index (χ1v) is 5.22. The monoisotopic (exact) mass is 292 g/mol. The van der Waals surface area contributed by atoms with Crippen molar-refractivity contribution in [2.24, 2.45) is 0 Å². The number of benzene rings is 1. The van der Waals surface area contributed by atoms with E-state index in [-0.39, 0.29) is 46.4 Å². The summed E-state index contributed by atoms with van der Waals surface area (Å²) in [7, 11) is 0. The number of rotatable bonds is 5. The third-order valence-electron chi connectivity index (χ3n) is 1.96. The quantitative estimate of drug-likeness (QED) is 0.247. The van der Waals surface area contributed by atoms with Gasteiger partial charge in [-0.15, -0.1) is 0 Å².